The number of imidazole rings is 1. The molecule has 4 nitrogen and oxygen atoms in total. The van der Waals surface area contributed by atoms with E-state index in [4.69, 9.17) is 17.0 Å². The average Bonchev–Trinajstić information content (AvgIpc) is 2.66. The van der Waals surface area contributed by atoms with Crippen molar-refractivity contribution < 1.29 is 4.74 Å². The summed E-state index contributed by atoms with van der Waals surface area (Å²) in [5, 5.41) is 0. The molecule has 1 unspecified atom stereocenters. The van der Waals surface area contributed by atoms with Crippen LogP contribution in [0.4, 0.5) is 0 Å². The second kappa shape index (κ2) is 3.99. The molecule has 0 aliphatic carbocycles. The van der Waals surface area contributed by atoms with Gasteiger partial charge in [-0.1, -0.05) is 0 Å². The van der Waals surface area contributed by atoms with E-state index in [1.807, 2.05) is 12.3 Å². The lowest BCUT2D eigenvalue weighted by molar-refractivity contribution is 0.0600. The molecule has 0 radical (unpaired) electrons. The van der Waals surface area contributed by atoms with Crippen molar-refractivity contribution in [2.75, 3.05) is 13.2 Å². The van der Waals surface area contributed by atoms with E-state index < -0.39 is 0 Å². The van der Waals surface area contributed by atoms with Gasteiger partial charge in [0.25, 0.3) is 0 Å². The van der Waals surface area contributed by atoms with Crippen LogP contribution in [0.2, 0.25) is 0 Å². The first-order chi connectivity index (χ1) is 7.86. The Labute approximate surface area is 98.3 Å². The van der Waals surface area contributed by atoms with Gasteiger partial charge >= 0.3 is 0 Å². The SMILES string of the molecule is S=c1[nH]c2cnccc2n1C1CCCOC1. The van der Waals surface area contributed by atoms with Crippen molar-refractivity contribution in [2.24, 2.45) is 0 Å². The Hall–Kier alpha value is -1.20. The normalized spacial score (nSPS) is 21.4. The Morgan fingerprint density at radius 3 is 3.31 bits per heavy atom. The molecule has 1 aliphatic heterocycles. The van der Waals surface area contributed by atoms with E-state index in [1.54, 1.807) is 6.20 Å². The maximum absolute atomic E-state index is 5.51. The third-order valence-corrected chi connectivity index (χ3v) is 3.32. The van der Waals surface area contributed by atoms with Crippen molar-refractivity contribution >= 4 is 23.3 Å². The lowest BCUT2D eigenvalue weighted by Gasteiger charge is -2.23. The Morgan fingerprint density at radius 1 is 1.56 bits per heavy atom. The van der Waals surface area contributed by atoms with Crippen molar-refractivity contribution in [3.63, 3.8) is 0 Å². The third-order valence-electron chi connectivity index (χ3n) is 3.02. The fraction of sp³-hybridized carbons (Fsp3) is 0.455. The van der Waals surface area contributed by atoms with Gasteiger partial charge in [0.05, 0.1) is 29.9 Å². The van der Waals surface area contributed by atoms with Crippen LogP contribution < -0.4 is 0 Å². The number of hydrogen-bond acceptors (Lipinski definition) is 3. The quantitative estimate of drug-likeness (QED) is 0.772. The number of rotatable bonds is 1. The average molecular weight is 235 g/mol. The lowest BCUT2D eigenvalue weighted by atomic mass is 10.1. The number of aromatic nitrogens is 3. The maximum atomic E-state index is 5.51. The molecular weight excluding hydrogens is 222 g/mol. The van der Waals surface area contributed by atoms with Crippen molar-refractivity contribution in [3.8, 4) is 0 Å². The van der Waals surface area contributed by atoms with Gasteiger partial charge in [-0.05, 0) is 31.1 Å². The van der Waals surface area contributed by atoms with E-state index in [2.05, 4.69) is 14.5 Å². The zero-order valence-electron chi connectivity index (χ0n) is 8.85. The molecule has 2 aromatic heterocycles. The number of fused-ring (bicyclic) bond motifs is 1. The summed E-state index contributed by atoms with van der Waals surface area (Å²) in [5.41, 5.74) is 2.12. The van der Waals surface area contributed by atoms with E-state index in [1.165, 1.54) is 0 Å². The number of ether oxygens (including phenoxy) is 1. The highest BCUT2D eigenvalue weighted by Crippen LogP contribution is 2.24. The summed E-state index contributed by atoms with van der Waals surface area (Å²) >= 11 is 5.36. The van der Waals surface area contributed by atoms with Crippen LogP contribution in [0, 0.1) is 4.77 Å². The predicted molar refractivity (Wildman–Crippen MR) is 64.0 cm³/mol. The van der Waals surface area contributed by atoms with Gasteiger partial charge in [-0.2, -0.15) is 0 Å². The molecule has 1 saturated heterocycles. The Morgan fingerprint density at radius 2 is 2.50 bits per heavy atom. The number of nitrogens with one attached hydrogen (secondary N) is 1. The highest BCUT2D eigenvalue weighted by atomic mass is 32.1. The number of nitrogens with zero attached hydrogens (tertiary/aromatic N) is 2. The molecule has 2 aromatic rings. The van der Waals surface area contributed by atoms with Gasteiger partial charge in [0.1, 0.15) is 0 Å². The molecule has 0 bridgehead atoms. The minimum Gasteiger partial charge on any atom is -0.379 e. The van der Waals surface area contributed by atoms with Crippen LogP contribution in [0.1, 0.15) is 18.9 Å². The van der Waals surface area contributed by atoms with Crippen molar-refractivity contribution in [3.05, 3.63) is 23.2 Å². The van der Waals surface area contributed by atoms with Crippen LogP contribution in [-0.2, 0) is 4.74 Å². The van der Waals surface area contributed by atoms with E-state index in [0.29, 0.717) is 6.04 Å². The molecule has 3 rings (SSSR count). The first-order valence-corrected chi connectivity index (χ1v) is 5.89. The molecule has 84 valence electrons. The minimum atomic E-state index is 0.359. The van der Waals surface area contributed by atoms with Gasteiger partial charge < -0.3 is 14.3 Å². The van der Waals surface area contributed by atoms with Gasteiger partial charge in [-0.3, -0.25) is 4.98 Å². The summed E-state index contributed by atoms with van der Waals surface area (Å²) in [7, 11) is 0. The molecule has 5 heteroatoms. The van der Waals surface area contributed by atoms with E-state index >= 15 is 0 Å². The summed E-state index contributed by atoms with van der Waals surface area (Å²) in [6.07, 6.45) is 5.84. The van der Waals surface area contributed by atoms with Crippen LogP contribution in [0.25, 0.3) is 11.0 Å². The molecule has 0 spiro atoms. The van der Waals surface area contributed by atoms with E-state index in [-0.39, 0.29) is 0 Å². The predicted octanol–water partition coefficient (Wildman–Crippen LogP) is 2.45. The second-order valence-corrected chi connectivity index (χ2v) is 4.45. The molecule has 1 aliphatic rings. The Bertz CT molecular complexity index is 554. The lowest BCUT2D eigenvalue weighted by Crippen LogP contribution is -2.21. The molecule has 0 saturated carbocycles. The summed E-state index contributed by atoms with van der Waals surface area (Å²) in [6.45, 7) is 1.62. The van der Waals surface area contributed by atoms with Crippen LogP contribution in [0.5, 0.6) is 0 Å². The van der Waals surface area contributed by atoms with Crippen LogP contribution in [-0.4, -0.2) is 27.7 Å². The molecule has 3 heterocycles. The van der Waals surface area contributed by atoms with Crippen molar-refractivity contribution in [2.45, 2.75) is 18.9 Å². The summed E-state index contributed by atoms with van der Waals surface area (Å²) in [6, 6.07) is 2.35. The summed E-state index contributed by atoms with van der Waals surface area (Å²) in [4.78, 5) is 7.27. The maximum Gasteiger partial charge on any atom is 0.178 e. The first kappa shape index (κ1) is 9.99. The zero-order valence-corrected chi connectivity index (χ0v) is 9.67. The number of aromatic amines is 1. The third kappa shape index (κ3) is 1.56. The second-order valence-electron chi connectivity index (χ2n) is 4.06. The largest absolute Gasteiger partial charge is 0.379 e. The molecule has 0 aromatic carbocycles. The minimum absolute atomic E-state index is 0.359. The fourth-order valence-electron chi connectivity index (χ4n) is 2.27. The zero-order chi connectivity index (χ0) is 11.0. The van der Waals surface area contributed by atoms with Crippen molar-refractivity contribution in [1.82, 2.24) is 14.5 Å². The summed E-state index contributed by atoms with van der Waals surface area (Å²) in [5.74, 6) is 0. The Balaban J connectivity index is 2.14. The standard InChI is InChI=1S/C11H13N3OS/c16-11-13-9-6-12-4-3-10(9)14(11)8-2-1-5-15-7-8/h3-4,6,8H,1-2,5,7H2,(H,13,16). The molecular formula is C11H13N3OS. The highest BCUT2D eigenvalue weighted by molar-refractivity contribution is 7.71. The van der Waals surface area contributed by atoms with E-state index in [0.717, 1.165) is 41.9 Å². The van der Waals surface area contributed by atoms with Gasteiger partial charge in [-0.15, -0.1) is 0 Å². The van der Waals surface area contributed by atoms with Crippen LogP contribution in [0.15, 0.2) is 18.5 Å². The monoisotopic (exact) mass is 235 g/mol. The smallest absolute Gasteiger partial charge is 0.178 e. The highest BCUT2D eigenvalue weighted by Gasteiger charge is 2.18. The topological polar surface area (TPSA) is 42.8 Å². The Kier molecular flexibility index (Phi) is 2.49. The van der Waals surface area contributed by atoms with Crippen molar-refractivity contribution in [1.29, 1.82) is 0 Å². The first-order valence-electron chi connectivity index (χ1n) is 5.48. The molecule has 1 N–H and O–H groups in total. The van der Waals surface area contributed by atoms with Gasteiger partial charge in [-0.25, -0.2) is 0 Å². The van der Waals surface area contributed by atoms with E-state index in [9.17, 15) is 0 Å². The van der Waals surface area contributed by atoms with Gasteiger partial charge in [0.2, 0.25) is 0 Å². The number of hydrogen-bond donors (Lipinski definition) is 1. The molecule has 1 atom stereocenters. The summed E-state index contributed by atoms with van der Waals surface area (Å²) < 4.78 is 8.43. The van der Waals surface area contributed by atoms with Crippen LogP contribution in [0.3, 0.4) is 0 Å². The van der Waals surface area contributed by atoms with Gasteiger partial charge in [0.15, 0.2) is 4.77 Å². The number of pyridine rings is 1. The van der Waals surface area contributed by atoms with Crippen LogP contribution >= 0.6 is 12.2 Å². The van der Waals surface area contributed by atoms with Gasteiger partial charge in [0, 0.05) is 12.8 Å². The fourth-order valence-corrected chi connectivity index (χ4v) is 2.63. The molecule has 0 amide bonds. The molecule has 16 heavy (non-hydrogen) atoms. The number of H-pyrrole nitrogens is 1. The molecule has 1 fully saturated rings.